The highest BCUT2D eigenvalue weighted by Gasteiger charge is 2.33. The van der Waals surface area contributed by atoms with Crippen LogP contribution in [0.1, 0.15) is 198 Å². The van der Waals surface area contributed by atoms with Gasteiger partial charge in [-0.3, -0.25) is 9.59 Å². The van der Waals surface area contributed by atoms with Crippen molar-refractivity contribution in [2.75, 3.05) is 13.2 Å². The fourth-order valence-electron chi connectivity index (χ4n) is 10.0. The molecule has 0 saturated heterocycles. The van der Waals surface area contributed by atoms with Gasteiger partial charge in [-0.2, -0.15) is 0 Å². The minimum atomic E-state index is -0.783. The Morgan fingerprint density at radius 3 is 1.63 bits per heavy atom. The van der Waals surface area contributed by atoms with Crippen molar-refractivity contribution in [1.82, 2.24) is 10.3 Å². The van der Waals surface area contributed by atoms with Crippen molar-refractivity contribution in [3.8, 4) is 0 Å². The van der Waals surface area contributed by atoms with Crippen LogP contribution in [0.5, 0.6) is 0 Å². The molecule has 2 unspecified atom stereocenters. The summed E-state index contributed by atoms with van der Waals surface area (Å²) in [6.07, 6.45) is 15.3. The zero-order valence-corrected chi connectivity index (χ0v) is 42.2. The SMILES string of the molecule is CC(C)CCC1CCCc2c([C@@H](CCCOCc3ccccc3)CC(=O)O)noc21.Cc1ccc(CC(=O)C[C@H](CCCOCc2ccccc2)c2noc3c2CCCC3CCC(C)C)c(Cl)c1. The summed E-state index contributed by atoms with van der Waals surface area (Å²) in [5.41, 5.74) is 8.65. The summed E-state index contributed by atoms with van der Waals surface area (Å²) in [4.78, 5) is 24.8. The van der Waals surface area contributed by atoms with Gasteiger partial charge in [-0.05, 0) is 124 Å². The second-order valence-corrected chi connectivity index (χ2v) is 20.7. The van der Waals surface area contributed by atoms with Crippen LogP contribution < -0.4 is 0 Å². The van der Waals surface area contributed by atoms with Gasteiger partial charge in [0.2, 0.25) is 0 Å². The first-order valence-electron chi connectivity index (χ1n) is 25.6. The summed E-state index contributed by atoms with van der Waals surface area (Å²) < 4.78 is 23.6. The maximum absolute atomic E-state index is 13.3. The molecule has 0 bridgehead atoms. The molecular formula is C58H77ClN2O7. The van der Waals surface area contributed by atoms with E-state index in [1.54, 1.807) is 0 Å². The van der Waals surface area contributed by atoms with E-state index < -0.39 is 5.97 Å². The number of ether oxygens (including phenoxy) is 2. The number of rotatable bonds is 26. The summed E-state index contributed by atoms with van der Waals surface area (Å²) in [7, 11) is 0. The van der Waals surface area contributed by atoms with Gasteiger partial charge in [-0.25, -0.2) is 0 Å². The molecule has 2 heterocycles. The van der Waals surface area contributed by atoms with Gasteiger partial charge in [0.15, 0.2) is 0 Å². The molecule has 2 aliphatic rings. The molecule has 68 heavy (non-hydrogen) atoms. The number of benzene rings is 3. The summed E-state index contributed by atoms with van der Waals surface area (Å²) >= 11 is 6.45. The molecule has 5 aromatic rings. The molecule has 4 atom stereocenters. The number of Topliss-reactive ketones (excluding diaryl/α,β-unsaturated/α-hetero) is 1. The van der Waals surface area contributed by atoms with E-state index >= 15 is 0 Å². The first-order chi connectivity index (χ1) is 32.9. The van der Waals surface area contributed by atoms with E-state index in [9.17, 15) is 14.7 Å². The molecule has 9 nitrogen and oxygen atoms in total. The molecule has 7 rings (SSSR count). The Morgan fingerprint density at radius 1 is 0.691 bits per heavy atom. The van der Waals surface area contributed by atoms with Crippen LogP contribution in [0.15, 0.2) is 87.9 Å². The number of aliphatic carboxylic acids is 1. The van der Waals surface area contributed by atoms with E-state index in [2.05, 4.69) is 50.1 Å². The third-order valence-corrected chi connectivity index (χ3v) is 14.1. The van der Waals surface area contributed by atoms with Gasteiger partial charge < -0.3 is 23.6 Å². The Labute approximate surface area is 411 Å². The second-order valence-electron chi connectivity index (χ2n) is 20.3. The van der Waals surface area contributed by atoms with E-state index in [0.29, 0.717) is 68.0 Å². The number of carboxylic acids is 1. The lowest BCUT2D eigenvalue weighted by Crippen LogP contribution is -2.15. The van der Waals surface area contributed by atoms with Crippen molar-refractivity contribution in [2.45, 2.75) is 181 Å². The average molecular weight is 950 g/mol. The Morgan fingerprint density at radius 2 is 1.18 bits per heavy atom. The lowest BCUT2D eigenvalue weighted by Gasteiger charge is -2.22. The van der Waals surface area contributed by atoms with E-state index in [4.69, 9.17) is 30.1 Å². The fraction of sp³-hybridized carbons (Fsp3) is 0.552. The quantitative estimate of drug-likeness (QED) is 0.0539. The van der Waals surface area contributed by atoms with Crippen LogP contribution in [-0.2, 0) is 51.5 Å². The third kappa shape index (κ3) is 16.5. The number of hydrogen-bond donors (Lipinski definition) is 1. The molecular weight excluding hydrogens is 872 g/mol. The molecule has 10 heteroatoms. The summed E-state index contributed by atoms with van der Waals surface area (Å²) in [6, 6.07) is 26.2. The van der Waals surface area contributed by atoms with Crippen molar-refractivity contribution < 1.29 is 33.2 Å². The molecule has 0 saturated carbocycles. The van der Waals surface area contributed by atoms with E-state index in [0.717, 1.165) is 117 Å². The summed E-state index contributed by atoms with van der Waals surface area (Å²) in [5, 5.41) is 19.1. The monoisotopic (exact) mass is 949 g/mol. The van der Waals surface area contributed by atoms with Crippen LogP contribution in [0.4, 0.5) is 0 Å². The minimum absolute atomic E-state index is 0.0309. The number of carboxylic acid groups (broad SMARTS) is 1. The number of carbonyl (C=O) groups excluding carboxylic acids is 1. The van der Waals surface area contributed by atoms with Gasteiger partial charge in [0.1, 0.15) is 17.3 Å². The molecule has 3 aromatic carbocycles. The highest BCUT2D eigenvalue weighted by molar-refractivity contribution is 6.31. The predicted molar refractivity (Wildman–Crippen MR) is 270 cm³/mol. The van der Waals surface area contributed by atoms with Gasteiger partial charge in [-0.15, -0.1) is 0 Å². The van der Waals surface area contributed by atoms with Crippen LogP contribution in [0, 0.1) is 18.8 Å². The summed E-state index contributed by atoms with van der Waals surface area (Å²) in [6.45, 7) is 13.5. The van der Waals surface area contributed by atoms with Crippen LogP contribution in [-0.4, -0.2) is 40.4 Å². The number of aryl methyl sites for hydroxylation is 1. The van der Waals surface area contributed by atoms with Gasteiger partial charge >= 0.3 is 5.97 Å². The molecule has 1 N–H and O–H groups in total. The summed E-state index contributed by atoms with van der Waals surface area (Å²) in [5.74, 6) is 3.65. The van der Waals surface area contributed by atoms with E-state index in [-0.39, 0.29) is 24.0 Å². The standard InChI is InChI=1S/C33H42ClNO3.C25H35NO4/c1-23(2)14-16-26-11-7-13-30-32(35-38-33(26)30)28(12-8-18-37-22-25-9-5-4-6-10-25)21-29(36)20-27-17-15-24(3)19-31(27)34;1-18(2)13-14-20-10-6-12-22-24(26-30-25(20)22)21(16-23(27)28)11-7-15-29-17-19-8-4-3-5-9-19/h4-6,9-10,15,17,19,23,26,28H,7-8,11-14,16,18,20-22H2,1-3H3;3-5,8-9,18,20-21H,6-7,10-17H2,1-2H3,(H,27,28)/t26?,28-;20?,21-/m00/s1. The first kappa shape index (κ1) is 52.8. The largest absolute Gasteiger partial charge is 0.481 e. The van der Waals surface area contributed by atoms with Crippen LogP contribution in [0.25, 0.3) is 0 Å². The normalized spacial score (nSPS) is 16.5. The molecule has 0 aliphatic heterocycles. The van der Waals surface area contributed by atoms with Crippen molar-refractivity contribution in [3.63, 3.8) is 0 Å². The number of fused-ring (bicyclic) bond motifs is 2. The zero-order chi connectivity index (χ0) is 48.3. The Hall–Kier alpha value is -4.57. The van der Waals surface area contributed by atoms with E-state index in [1.807, 2.05) is 73.7 Å². The Bertz CT molecular complexity index is 2270. The first-order valence-corrected chi connectivity index (χ1v) is 26.0. The molecule has 0 fully saturated rings. The van der Waals surface area contributed by atoms with Gasteiger partial charge in [0, 0.05) is 65.9 Å². The van der Waals surface area contributed by atoms with Gasteiger partial charge in [0.05, 0.1) is 31.0 Å². The van der Waals surface area contributed by atoms with Crippen molar-refractivity contribution in [3.05, 3.63) is 140 Å². The smallest absolute Gasteiger partial charge is 0.304 e. The number of nitrogens with zero attached hydrogens (tertiary/aromatic N) is 2. The maximum atomic E-state index is 13.3. The molecule has 368 valence electrons. The lowest BCUT2D eigenvalue weighted by molar-refractivity contribution is -0.137. The average Bonchev–Trinajstić information content (AvgIpc) is 3.97. The fourth-order valence-corrected chi connectivity index (χ4v) is 10.3. The van der Waals surface area contributed by atoms with E-state index in [1.165, 1.54) is 29.5 Å². The van der Waals surface area contributed by atoms with Gasteiger partial charge in [0.25, 0.3) is 0 Å². The molecule has 0 radical (unpaired) electrons. The number of hydrogen-bond acceptors (Lipinski definition) is 8. The van der Waals surface area contributed by atoms with Crippen LogP contribution in [0.3, 0.4) is 0 Å². The topological polar surface area (TPSA) is 125 Å². The predicted octanol–water partition coefficient (Wildman–Crippen LogP) is 14.9. The van der Waals surface area contributed by atoms with Crippen LogP contribution >= 0.6 is 11.6 Å². The second kappa shape index (κ2) is 27.6. The van der Waals surface area contributed by atoms with Crippen molar-refractivity contribution >= 4 is 23.4 Å². The number of carbonyl (C=O) groups is 2. The molecule has 2 aromatic heterocycles. The molecule has 2 aliphatic carbocycles. The minimum Gasteiger partial charge on any atom is -0.481 e. The van der Waals surface area contributed by atoms with Crippen molar-refractivity contribution in [1.29, 1.82) is 0 Å². The molecule has 0 spiro atoms. The molecule has 0 amide bonds. The highest BCUT2D eigenvalue weighted by atomic mass is 35.5. The zero-order valence-electron chi connectivity index (χ0n) is 41.5. The van der Waals surface area contributed by atoms with Crippen molar-refractivity contribution in [2.24, 2.45) is 11.8 Å². The number of halogens is 1. The van der Waals surface area contributed by atoms with Crippen LogP contribution in [0.2, 0.25) is 5.02 Å². The highest BCUT2D eigenvalue weighted by Crippen LogP contribution is 2.42. The maximum Gasteiger partial charge on any atom is 0.304 e. The number of aromatic nitrogens is 2. The lowest BCUT2D eigenvalue weighted by atomic mass is 9.80. The number of ketones is 1. The Kier molecular flexibility index (Phi) is 21.4. The third-order valence-electron chi connectivity index (χ3n) is 13.8. The Balaban J connectivity index is 0.000000230. The van der Waals surface area contributed by atoms with Gasteiger partial charge in [-0.1, -0.05) is 135 Å².